The zero-order chi connectivity index (χ0) is 10.8. The third-order valence-electron chi connectivity index (χ3n) is 2.11. The van der Waals surface area contributed by atoms with Crippen molar-refractivity contribution in [3.8, 4) is 0 Å². The van der Waals surface area contributed by atoms with Crippen molar-refractivity contribution >= 4 is 38.5 Å². The molecule has 0 aliphatic heterocycles. The second-order valence-corrected chi connectivity index (χ2v) is 3.93. The summed E-state index contributed by atoms with van der Waals surface area (Å²) in [5.74, 6) is 0. The summed E-state index contributed by atoms with van der Waals surface area (Å²) in [5, 5.41) is 12.9. The Kier molecular flexibility index (Phi) is 2.60. The Bertz CT molecular complexity index is 525. The Morgan fingerprint density at radius 2 is 1.80 bits per heavy atom. The fourth-order valence-corrected chi connectivity index (χ4v) is 1.99. The number of hydrogen-bond donors (Lipinski definition) is 2. The SMILES string of the molecule is O=C(O)Nc1cccc2c(Br)cccc12. The molecule has 0 unspecified atom stereocenters. The first-order valence-corrected chi connectivity index (χ1v) is 5.15. The van der Waals surface area contributed by atoms with Crippen molar-refractivity contribution in [1.29, 1.82) is 0 Å². The predicted molar refractivity (Wildman–Crippen MR) is 63.3 cm³/mol. The smallest absolute Gasteiger partial charge is 0.409 e. The van der Waals surface area contributed by atoms with E-state index in [0.717, 1.165) is 15.2 Å². The summed E-state index contributed by atoms with van der Waals surface area (Å²) in [4.78, 5) is 10.6. The van der Waals surface area contributed by atoms with E-state index in [4.69, 9.17) is 5.11 Å². The Hall–Kier alpha value is -1.55. The van der Waals surface area contributed by atoms with Crippen molar-refractivity contribution in [2.45, 2.75) is 0 Å². The fraction of sp³-hybridized carbons (Fsp3) is 0. The first kappa shape index (κ1) is 9.98. The van der Waals surface area contributed by atoms with Gasteiger partial charge in [-0.15, -0.1) is 0 Å². The van der Waals surface area contributed by atoms with Gasteiger partial charge < -0.3 is 5.11 Å². The van der Waals surface area contributed by atoms with Crippen LogP contribution in [0, 0.1) is 0 Å². The maximum absolute atomic E-state index is 10.6. The van der Waals surface area contributed by atoms with Gasteiger partial charge in [-0.3, -0.25) is 5.32 Å². The molecule has 0 spiro atoms. The lowest BCUT2D eigenvalue weighted by molar-refractivity contribution is 0.210. The average Bonchev–Trinajstić information content (AvgIpc) is 2.19. The van der Waals surface area contributed by atoms with E-state index in [0.29, 0.717) is 5.69 Å². The zero-order valence-electron chi connectivity index (χ0n) is 7.70. The fourth-order valence-electron chi connectivity index (χ4n) is 1.50. The molecule has 0 saturated heterocycles. The molecule has 3 nitrogen and oxygen atoms in total. The minimum absolute atomic E-state index is 0.598. The summed E-state index contributed by atoms with van der Waals surface area (Å²) in [6.07, 6.45) is -1.05. The number of nitrogens with one attached hydrogen (secondary N) is 1. The topological polar surface area (TPSA) is 49.3 Å². The second kappa shape index (κ2) is 3.90. The summed E-state index contributed by atoms with van der Waals surface area (Å²) in [6.45, 7) is 0. The highest BCUT2D eigenvalue weighted by atomic mass is 79.9. The highest BCUT2D eigenvalue weighted by molar-refractivity contribution is 9.10. The zero-order valence-corrected chi connectivity index (χ0v) is 9.28. The van der Waals surface area contributed by atoms with Gasteiger partial charge in [-0.25, -0.2) is 4.79 Å². The molecule has 1 amide bonds. The van der Waals surface area contributed by atoms with Crippen LogP contribution in [0.2, 0.25) is 0 Å². The molecule has 15 heavy (non-hydrogen) atoms. The van der Waals surface area contributed by atoms with Gasteiger partial charge in [0.15, 0.2) is 0 Å². The van der Waals surface area contributed by atoms with Crippen LogP contribution >= 0.6 is 15.9 Å². The Labute approximate surface area is 94.9 Å². The van der Waals surface area contributed by atoms with Crippen LogP contribution in [0.5, 0.6) is 0 Å². The van der Waals surface area contributed by atoms with Gasteiger partial charge in [-0.05, 0) is 17.5 Å². The van der Waals surface area contributed by atoms with Gasteiger partial charge in [0, 0.05) is 9.86 Å². The molecule has 2 rings (SSSR count). The molecule has 0 radical (unpaired) electrons. The third kappa shape index (κ3) is 1.94. The van der Waals surface area contributed by atoms with E-state index in [1.807, 2.05) is 30.3 Å². The minimum Gasteiger partial charge on any atom is -0.465 e. The third-order valence-corrected chi connectivity index (χ3v) is 2.80. The molecule has 2 N–H and O–H groups in total. The summed E-state index contributed by atoms with van der Waals surface area (Å²) in [6, 6.07) is 11.2. The molecule has 0 bridgehead atoms. The minimum atomic E-state index is -1.05. The lowest BCUT2D eigenvalue weighted by Gasteiger charge is -2.06. The largest absolute Gasteiger partial charge is 0.465 e. The first-order valence-electron chi connectivity index (χ1n) is 4.35. The Morgan fingerprint density at radius 3 is 2.53 bits per heavy atom. The van der Waals surface area contributed by atoms with Crippen LogP contribution in [0.1, 0.15) is 0 Å². The molecule has 76 valence electrons. The number of rotatable bonds is 1. The predicted octanol–water partition coefficient (Wildman–Crippen LogP) is 3.69. The number of amides is 1. The van der Waals surface area contributed by atoms with Crippen molar-refractivity contribution in [2.75, 3.05) is 5.32 Å². The summed E-state index contributed by atoms with van der Waals surface area (Å²) >= 11 is 3.42. The molecule has 2 aromatic rings. The first-order chi connectivity index (χ1) is 7.18. The van der Waals surface area contributed by atoms with E-state index >= 15 is 0 Å². The lowest BCUT2D eigenvalue weighted by atomic mass is 10.1. The Balaban J connectivity index is 2.65. The molecule has 0 atom stereocenters. The molecule has 4 heteroatoms. The van der Waals surface area contributed by atoms with Crippen molar-refractivity contribution in [1.82, 2.24) is 0 Å². The maximum atomic E-state index is 10.6. The molecule has 0 aromatic heterocycles. The summed E-state index contributed by atoms with van der Waals surface area (Å²) in [7, 11) is 0. The van der Waals surface area contributed by atoms with Crippen LogP contribution in [-0.2, 0) is 0 Å². The summed E-state index contributed by atoms with van der Waals surface area (Å²) < 4.78 is 0.953. The normalized spacial score (nSPS) is 10.2. The quantitative estimate of drug-likeness (QED) is 0.826. The van der Waals surface area contributed by atoms with E-state index < -0.39 is 6.09 Å². The number of hydrogen-bond acceptors (Lipinski definition) is 1. The van der Waals surface area contributed by atoms with Gasteiger partial charge in [0.25, 0.3) is 0 Å². The van der Waals surface area contributed by atoms with Crippen LogP contribution in [0.3, 0.4) is 0 Å². The van der Waals surface area contributed by atoms with Gasteiger partial charge in [0.1, 0.15) is 0 Å². The van der Waals surface area contributed by atoms with Crippen molar-refractivity contribution < 1.29 is 9.90 Å². The number of anilines is 1. The van der Waals surface area contributed by atoms with Crippen LogP contribution in [0.15, 0.2) is 40.9 Å². The summed E-state index contributed by atoms with van der Waals surface area (Å²) in [5.41, 5.74) is 0.598. The maximum Gasteiger partial charge on any atom is 0.409 e. The van der Waals surface area contributed by atoms with E-state index in [1.165, 1.54) is 0 Å². The monoisotopic (exact) mass is 265 g/mol. The van der Waals surface area contributed by atoms with E-state index in [2.05, 4.69) is 21.2 Å². The molecular formula is C11H8BrNO2. The van der Waals surface area contributed by atoms with Crippen molar-refractivity contribution in [2.24, 2.45) is 0 Å². The van der Waals surface area contributed by atoms with Gasteiger partial charge >= 0.3 is 6.09 Å². The molecule has 0 saturated carbocycles. The van der Waals surface area contributed by atoms with E-state index in [1.54, 1.807) is 6.07 Å². The van der Waals surface area contributed by atoms with Gasteiger partial charge in [0.2, 0.25) is 0 Å². The lowest BCUT2D eigenvalue weighted by Crippen LogP contribution is -2.07. The highest BCUT2D eigenvalue weighted by Gasteiger charge is 2.04. The van der Waals surface area contributed by atoms with Crippen LogP contribution in [0.4, 0.5) is 10.5 Å². The van der Waals surface area contributed by atoms with Gasteiger partial charge in [-0.2, -0.15) is 0 Å². The molecule has 0 aliphatic rings. The standard InChI is InChI=1S/C11H8BrNO2/c12-9-5-1-4-8-7(9)3-2-6-10(8)13-11(14)15/h1-6,13H,(H,14,15). The van der Waals surface area contributed by atoms with Gasteiger partial charge in [0.05, 0.1) is 5.69 Å². The number of carbonyl (C=O) groups is 1. The number of halogens is 1. The van der Waals surface area contributed by atoms with Gasteiger partial charge in [-0.1, -0.05) is 40.2 Å². The highest BCUT2D eigenvalue weighted by Crippen LogP contribution is 2.28. The Morgan fingerprint density at radius 1 is 1.13 bits per heavy atom. The van der Waals surface area contributed by atoms with E-state index in [9.17, 15) is 4.79 Å². The molecule has 0 heterocycles. The van der Waals surface area contributed by atoms with E-state index in [-0.39, 0.29) is 0 Å². The molecular weight excluding hydrogens is 258 g/mol. The number of carboxylic acid groups (broad SMARTS) is 1. The molecule has 0 aliphatic carbocycles. The number of fused-ring (bicyclic) bond motifs is 1. The van der Waals surface area contributed by atoms with Crippen LogP contribution < -0.4 is 5.32 Å². The average molecular weight is 266 g/mol. The molecule has 0 fully saturated rings. The van der Waals surface area contributed by atoms with Crippen LogP contribution in [0.25, 0.3) is 10.8 Å². The number of benzene rings is 2. The second-order valence-electron chi connectivity index (χ2n) is 3.07. The van der Waals surface area contributed by atoms with Crippen molar-refractivity contribution in [3.63, 3.8) is 0 Å². The molecule has 2 aromatic carbocycles. The van der Waals surface area contributed by atoms with Crippen molar-refractivity contribution in [3.05, 3.63) is 40.9 Å². The van der Waals surface area contributed by atoms with Crippen LogP contribution in [-0.4, -0.2) is 11.2 Å².